The first-order chi connectivity index (χ1) is 10.2. The zero-order chi connectivity index (χ0) is 14.7. The Morgan fingerprint density at radius 3 is 2.67 bits per heavy atom. The first-order valence-corrected chi connectivity index (χ1v) is 7.01. The van der Waals surface area contributed by atoms with Crippen LogP contribution in [0.5, 0.6) is 0 Å². The topological polar surface area (TPSA) is 84.2 Å². The lowest BCUT2D eigenvalue weighted by atomic mass is 10.00. The van der Waals surface area contributed by atoms with Crippen LogP contribution in [0.25, 0.3) is 0 Å². The van der Waals surface area contributed by atoms with Crippen molar-refractivity contribution in [1.29, 1.82) is 0 Å². The molecule has 0 aliphatic carbocycles. The summed E-state index contributed by atoms with van der Waals surface area (Å²) in [4.78, 5) is 22.6. The van der Waals surface area contributed by atoms with Crippen LogP contribution in [0.4, 0.5) is 11.6 Å². The Bertz CT molecular complexity index is 588. The molecule has 0 spiro atoms. The van der Waals surface area contributed by atoms with Crippen molar-refractivity contribution in [2.24, 2.45) is 5.92 Å². The summed E-state index contributed by atoms with van der Waals surface area (Å²) in [5.41, 5.74) is 0.533. The van der Waals surface area contributed by atoms with Crippen LogP contribution in [0, 0.1) is 5.92 Å². The highest BCUT2D eigenvalue weighted by Crippen LogP contribution is 2.20. The van der Waals surface area contributed by atoms with Gasteiger partial charge in [-0.25, -0.2) is 9.97 Å². The fourth-order valence-electron chi connectivity index (χ4n) is 2.28. The van der Waals surface area contributed by atoms with Crippen LogP contribution in [0.15, 0.2) is 29.2 Å². The van der Waals surface area contributed by atoms with E-state index < -0.39 is 0 Å². The van der Waals surface area contributed by atoms with Crippen LogP contribution in [-0.4, -0.2) is 34.1 Å². The van der Waals surface area contributed by atoms with Gasteiger partial charge >= 0.3 is 0 Å². The van der Waals surface area contributed by atoms with Crippen LogP contribution in [0.2, 0.25) is 0 Å². The second kappa shape index (κ2) is 5.90. The largest absolute Gasteiger partial charge is 0.351 e. The van der Waals surface area contributed by atoms with Crippen molar-refractivity contribution >= 4 is 17.5 Å². The average Bonchev–Trinajstić information content (AvgIpc) is 3.03. The van der Waals surface area contributed by atoms with Gasteiger partial charge in [-0.1, -0.05) is 12.1 Å². The molecule has 1 amide bonds. The third-order valence-electron chi connectivity index (χ3n) is 3.62. The monoisotopic (exact) mass is 287 g/mol. The summed E-state index contributed by atoms with van der Waals surface area (Å²) in [6.45, 7) is 4.22. The summed E-state index contributed by atoms with van der Waals surface area (Å²) in [5.74, 6) is 1.26. The summed E-state index contributed by atoms with van der Waals surface area (Å²) in [7, 11) is 0. The molecular weight excluding hydrogens is 270 g/mol. The molecule has 0 saturated carbocycles. The number of rotatable bonds is 3. The summed E-state index contributed by atoms with van der Waals surface area (Å²) in [6.07, 6.45) is 6.95. The second-order valence-electron chi connectivity index (χ2n) is 5.27. The van der Waals surface area contributed by atoms with E-state index in [4.69, 9.17) is 4.52 Å². The summed E-state index contributed by atoms with van der Waals surface area (Å²) in [5, 5.41) is 6.16. The van der Waals surface area contributed by atoms with E-state index in [0.717, 1.165) is 31.8 Å². The fourth-order valence-corrected chi connectivity index (χ4v) is 2.28. The number of hydrogen-bond donors (Lipinski definition) is 1. The lowest BCUT2D eigenvalue weighted by molar-refractivity contribution is 0.0988. The molecule has 1 fully saturated rings. The maximum absolute atomic E-state index is 11.8. The molecule has 7 nitrogen and oxygen atoms in total. The number of nitrogens with zero attached hydrogens (tertiary/aromatic N) is 4. The first kappa shape index (κ1) is 13.5. The zero-order valence-corrected chi connectivity index (χ0v) is 11.8. The molecule has 0 radical (unpaired) electrons. The SMILES string of the molecule is CC1CCN(c2ncc(NC(=O)c3ccno3)cn2)CC1. The Balaban J connectivity index is 1.63. The molecule has 2 aromatic heterocycles. The van der Waals surface area contributed by atoms with E-state index in [1.165, 1.54) is 12.3 Å². The molecule has 0 bridgehead atoms. The van der Waals surface area contributed by atoms with E-state index in [1.807, 2.05) is 0 Å². The number of aromatic nitrogens is 3. The molecule has 1 N–H and O–H groups in total. The van der Waals surface area contributed by atoms with Gasteiger partial charge in [0.25, 0.3) is 5.91 Å². The van der Waals surface area contributed by atoms with Gasteiger partial charge in [0.15, 0.2) is 0 Å². The molecule has 3 heterocycles. The maximum atomic E-state index is 11.8. The molecule has 3 rings (SSSR count). The molecule has 1 saturated heterocycles. The highest BCUT2D eigenvalue weighted by Gasteiger charge is 2.18. The minimum absolute atomic E-state index is 0.157. The maximum Gasteiger partial charge on any atom is 0.294 e. The number of amides is 1. The van der Waals surface area contributed by atoms with Crippen LogP contribution in [0.3, 0.4) is 0 Å². The highest BCUT2D eigenvalue weighted by atomic mass is 16.5. The Hall–Kier alpha value is -2.44. The minimum Gasteiger partial charge on any atom is -0.351 e. The molecule has 0 aromatic carbocycles. The van der Waals surface area contributed by atoms with Gasteiger partial charge in [0, 0.05) is 19.2 Å². The average molecular weight is 287 g/mol. The molecule has 110 valence electrons. The van der Waals surface area contributed by atoms with Crippen molar-refractivity contribution in [2.75, 3.05) is 23.3 Å². The smallest absolute Gasteiger partial charge is 0.294 e. The second-order valence-corrected chi connectivity index (χ2v) is 5.27. The third-order valence-corrected chi connectivity index (χ3v) is 3.62. The number of anilines is 2. The Labute approximate surface area is 122 Å². The molecular formula is C14H17N5O2. The predicted molar refractivity (Wildman–Crippen MR) is 77.1 cm³/mol. The third kappa shape index (κ3) is 3.18. The number of nitrogens with one attached hydrogen (secondary N) is 1. The highest BCUT2D eigenvalue weighted by molar-refractivity contribution is 6.01. The van der Waals surface area contributed by atoms with Gasteiger partial charge in [0.2, 0.25) is 11.7 Å². The number of piperidine rings is 1. The number of hydrogen-bond acceptors (Lipinski definition) is 6. The van der Waals surface area contributed by atoms with Crippen molar-refractivity contribution in [3.8, 4) is 0 Å². The number of carbonyl (C=O) groups excluding carboxylic acids is 1. The van der Waals surface area contributed by atoms with Crippen LogP contribution < -0.4 is 10.2 Å². The van der Waals surface area contributed by atoms with Crippen LogP contribution in [-0.2, 0) is 0 Å². The van der Waals surface area contributed by atoms with E-state index in [-0.39, 0.29) is 11.7 Å². The fraction of sp³-hybridized carbons (Fsp3) is 0.429. The van der Waals surface area contributed by atoms with Crippen molar-refractivity contribution in [3.63, 3.8) is 0 Å². The Morgan fingerprint density at radius 2 is 2.05 bits per heavy atom. The Morgan fingerprint density at radius 1 is 1.33 bits per heavy atom. The molecule has 0 atom stereocenters. The van der Waals surface area contributed by atoms with Crippen molar-refractivity contribution < 1.29 is 9.32 Å². The Kier molecular flexibility index (Phi) is 3.81. The van der Waals surface area contributed by atoms with E-state index >= 15 is 0 Å². The van der Waals surface area contributed by atoms with Crippen molar-refractivity contribution in [1.82, 2.24) is 15.1 Å². The van der Waals surface area contributed by atoms with Gasteiger partial charge in [0.1, 0.15) is 0 Å². The van der Waals surface area contributed by atoms with E-state index in [2.05, 4.69) is 32.3 Å². The van der Waals surface area contributed by atoms with Crippen LogP contribution in [0.1, 0.15) is 30.3 Å². The minimum atomic E-state index is -0.365. The summed E-state index contributed by atoms with van der Waals surface area (Å²) >= 11 is 0. The van der Waals surface area contributed by atoms with Crippen molar-refractivity contribution in [3.05, 3.63) is 30.4 Å². The molecule has 2 aromatic rings. The standard InChI is InChI=1S/C14H17N5O2/c1-10-3-6-19(7-4-10)14-15-8-11(9-16-14)18-13(20)12-2-5-17-21-12/h2,5,8-10H,3-4,6-7H2,1H3,(H,18,20). The van der Waals surface area contributed by atoms with Gasteiger partial charge in [-0.15, -0.1) is 0 Å². The molecule has 0 unspecified atom stereocenters. The van der Waals surface area contributed by atoms with Crippen molar-refractivity contribution in [2.45, 2.75) is 19.8 Å². The predicted octanol–water partition coefficient (Wildman–Crippen LogP) is 1.95. The van der Waals surface area contributed by atoms with Crippen LogP contribution >= 0.6 is 0 Å². The number of carbonyl (C=O) groups is 1. The summed E-state index contributed by atoms with van der Waals surface area (Å²) < 4.78 is 4.79. The quantitative estimate of drug-likeness (QED) is 0.929. The molecule has 7 heteroatoms. The van der Waals surface area contributed by atoms with E-state index in [0.29, 0.717) is 11.6 Å². The van der Waals surface area contributed by atoms with Gasteiger partial charge in [-0.05, 0) is 18.8 Å². The molecule has 1 aliphatic rings. The van der Waals surface area contributed by atoms with Gasteiger partial charge < -0.3 is 14.7 Å². The summed E-state index contributed by atoms with van der Waals surface area (Å²) in [6, 6.07) is 1.50. The van der Waals surface area contributed by atoms with Gasteiger partial charge in [-0.3, -0.25) is 4.79 Å². The lowest BCUT2D eigenvalue weighted by Crippen LogP contribution is -2.34. The van der Waals surface area contributed by atoms with E-state index in [9.17, 15) is 4.79 Å². The normalized spacial score (nSPS) is 16.0. The van der Waals surface area contributed by atoms with E-state index in [1.54, 1.807) is 12.4 Å². The van der Waals surface area contributed by atoms with Gasteiger partial charge in [-0.2, -0.15) is 0 Å². The zero-order valence-electron chi connectivity index (χ0n) is 11.8. The first-order valence-electron chi connectivity index (χ1n) is 7.01. The lowest BCUT2D eigenvalue weighted by Gasteiger charge is -2.30. The molecule has 21 heavy (non-hydrogen) atoms. The molecule has 1 aliphatic heterocycles. The van der Waals surface area contributed by atoms with Gasteiger partial charge in [0.05, 0.1) is 24.3 Å².